The molecule has 1 aliphatic carbocycles. The van der Waals surface area contributed by atoms with Gasteiger partial charge in [0.2, 0.25) is 5.91 Å². The topological polar surface area (TPSA) is 58.6 Å². The number of aryl methyl sites for hydroxylation is 1. The number of benzene rings is 1. The van der Waals surface area contributed by atoms with Crippen molar-refractivity contribution in [1.29, 1.82) is 0 Å². The van der Waals surface area contributed by atoms with Gasteiger partial charge in [0.15, 0.2) is 0 Å². The number of amides is 2. The van der Waals surface area contributed by atoms with E-state index in [0.717, 1.165) is 18.4 Å². The number of cyclic esters (lactones) is 1. The Morgan fingerprint density at radius 3 is 2.54 bits per heavy atom. The lowest BCUT2D eigenvalue weighted by atomic mass is 9.86. The second-order valence-electron chi connectivity index (χ2n) is 7.54. The van der Waals surface area contributed by atoms with Crippen molar-refractivity contribution in [2.24, 2.45) is 5.41 Å². The normalized spacial score (nSPS) is 25.1. The van der Waals surface area contributed by atoms with Crippen LogP contribution < -0.4 is 5.32 Å². The summed E-state index contributed by atoms with van der Waals surface area (Å²) >= 11 is 0. The quantitative estimate of drug-likeness (QED) is 0.903. The van der Waals surface area contributed by atoms with Gasteiger partial charge in [-0.15, -0.1) is 0 Å². The van der Waals surface area contributed by atoms with Crippen LogP contribution in [0.3, 0.4) is 0 Å². The molecule has 2 fully saturated rings. The van der Waals surface area contributed by atoms with E-state index in [0.29, 0.717) is 26.2 Å². The van der Waals surface area contributed by atoms with Gasteiger partial charge >= 0.3 is 6.09 Å². The summed E-state index contributed by atoms with van der Waals surface area (Å²) < 4.78 is 5.02. The van der Waals surface area contributed by atoms with E-state index >= 15 is 0 Å². The molecule has 5 heteroatoms. The molecular weight excluding hydrogens is 304 g/mol. The summed E-state index contributed by atoms with van der Waals surface area (Å²) in [6.45, 7) is 8.46. The molecule has 2 aliphatic rings. The molecule has 1 aliphatic heterocycles. The molecule has 24 heavy (non-hydrogen) atoms. The van der Waals surface area contributed by atoms with E-state index in [-0.39, 0.29) is 17.4 Å². The summed E-state index contributed by atoms with van der Waals surface area (Å²) in [5.74, 6) is 0.0572. The summed E-state index contributed by atoms with van der Waals surface area (Å²) in [5.41, 5.74) is 1.77. The zero-order valence-electron chi connectivity index (χ0n) is 14.7. The van der Waals surface area contributed by atoms with Gasteiger partial charge in [-0.05, 0) is 30.7 Å². The largest absolute Gasteiger partial charge is 0.449 e. The summed E-state index contributed by atoms with van der Waals surface area (Å²) in [4.78, 5) is 26.2. The first-order valence-corrected chi connectivity index (χ1v) is 8.64. The highest BCUT2D eigenvalue weighted by molar-refractivity contribution is 5.93. The molecule has 3 rings (SSSR count). The highest BCUT2D eigenvalue weighted by atomic mass is 16.6. The minimum absolute atomic E-state index is 0.0452. The molecule has 1 saturated carbocycles. The third-order valence-corrected chi connectivity index (χ3v) is 5.39. The molecule has 1 aromatic rings. The third kappa shape index (κ3) is 2.87. The molecule has 0 aromatic heterocycles. The van der Waals surface area contributed by atoms with Crippen LogP contribution in [-0.4, -0.2) is 43.1 Å². The molecule has 2 amide bonds. The third-order valence-electron chi connectivity index (χ3n) is 5.39. The summed E-state index contributed by atoms with van der Waals surface area (Å²) in [6.07, 6.45) is 1.41. The lowest BCUT2D eigenvalue weighted by molar-refractivity contribution is -0.124. The number of carbonyl (C=O) groups excluding carboxylic acids is 2. The average Bonchev–Trinajstić information content (AvgIpc) is 3.14. The molecule has 1 saturated heterocycles. The average molecular weight is 330 g/mol. The molecule has 1 N–H and O–H groups in total. The fraction of sp³-hybridized carbons (Fsp3) is 0.579. The van der Waals surface area contributed by atoms with Gasteiger partial charge in [0, 0.05) is 19.6 Å². The van der Waals surface area contributed by atoms with Crippen LogP contribution in [0.25, 0.3) is 0 Å². The molecule has 1 atom stereocenters. The van der Waals surface area contributed by atoms with Crippen LogP contribution in [0.15, 0.2) is 24.3 Å². The number of carbonyl (C=O) groups is 2. The van der Waals surface area contributed by atoms with Gasteiger partial charge < -0.3 is 15.0 Å². The number of nitrogens with zero attached hydrogens (tertiary/aromatic N) is 1. The van der Waals surface area contributed by atoms with E-state index in [1.165, 1.54) is 5.56 Å². The molecule has 0 radical (unpaired) electrons. The van der Waals surface area contributed by atoms with Gasteiger partial charge in [0.25, 0.3) is 0 Å². The summed E-state index contributed by atoms with van der Waals surface area (Å²) in [7, 11) is 0. The lowest BCUT2D eigenvalue weighted by Gasteiger charge is -2.27. The Hall–Kier alpha value is -2.04. The molecule has 1 heterocycles. The first kappa shape index (κ1) is 16.8. The standard InChI is InChI=1S/C19H26N2O3/c1-14-5-7-15(8-6-14)19(13-18(19,2)3)16(22)20-9-11-21-10-4-12-24-17(21)23/h5-8H,4,9-13H2,1-3H3,(H,20,22)/t19-/m0/s1. The molecular formula is C19H26N2O3. The Balaban J connectivity index is 1.64. The van der Waals surface area contributed by atoms with Gasteiger partial charge in [-0.2, -0.15) is 0 Å². The predicted octanol–water partition coefficient (Wildman–Crippen LogP) is 2.62. The summed E-state index contributed by atoms with van der Waals surface area (Å²) in [6, 6.07) is 8.24. The number of rotatable bonds is 5. The smallest absolute Gasteiger partial charge is 0.409 e. The van der Waals surface area contributed by atoms with Crippen LogP contribution in [-0.2, 0) is 14.9 Å². The second-order valence-corrected chi connectivity index (χ2v) is 7.54. The van der Waals surface area contributed by atoms with Gasteiger partial charge in [-0.3, -0.25) is 4.79 Å². The molecule has 5 nitrogen and oxygen atoms in total. The van der Waals surface area contributed by atoms with Crippen molar-refractivity contribution in [2.75, 3.05) is 26.2 Å². The predicted molar refractivity (Wildman–Crippen MR) is 91.8 cm³/mol. The van der Waals surface area contributed by atoms with Crippen molar-refractivity contribution in [3.8, 4) is 0 Å². The number of nitrogens with one attached hydrogen (secondary N) is 1. The van der Waals surface area contributed by atoms with Crippen molar-refractivity contribution in [3.63, 3.8) is 0 Å². The molecule has 0 bridgehead atoms. The SMILES string of the molecule is Cc1ccc([C@]2(C(=O)NCCN3CCCOC3=O)CC2(C)C)cc1. The zero-order chi connectivity index (χ0) is 17.4. The first-order valence-electron chi connectivity index (χ1n) is 8.64. The van der Waals surface area contributed by atoms with E-state index in [4.69, 9.17) is 4.74 Å². The Kier molecular flexibility index (Phi) is 4.28. The van der Waals surface area contributed by atoms with Crippen LogP contribution in [0.2, 0.25) is 0 Å². The number of hydrogen-bond donors (Lipinski definition) is 1. The van der Waals surface area contributed by atoms with Crippen LogP contribution in [0.4, 0.5) is 4.79 Å². The van der Waals surface area contributed by atoms with Crippen molar-refractivity contribution < 1.29 is 14.3 Å². The van der Waals surface area contributed by atoms with E-state index in [9.17, 15) is 9.59 Å². The van der Waals surface area contributed by atoms with Crippen molar-refractivity contribution in [3.05, 3.63) is 35.4 Å². The fourth-order valence-corrected chi connectivity index (χ4v) is 3.72. The van der Waals surface area contributed by atoms with Gasteiger partial charge in [-0.1, -0.05) is 43.7 Å². The summed E-state index contributed by atoms with van der Waals surface area (Å²) in [5, 5.41) is 3.03. The molecule has 0 spiro atoms. The van der Waals surface area contributed by atoms with Crippen molar-refractivity contribution in [1.82, 2.24) is 10.2 Å². The van der Waals surface area contributed by atoms with Crippen LogP contribution in [0, 0.1) is 12.3 Å². The van der Waals surface area contributed by atoms with E-state index in [2.05, 4.69) is 43.4 Å². The van der Waals surface area contributed by atoms with E-state index < -0.39 is 5.41 Å². The lowest BCUT2D eigenvalue weighted by Crippen LogP contribution is -2.45. The maximum Gasteiger partial charge on any atom is 0.409 e. The maximum atomic E-state index is 12.9. The van der Waals surface area contributed by atoms with Crippen LogP contribution in [0.5, 0.6) is 0 Å². The Labute approximate surface area is 143 Å². The van der Waals surface area contributed by atoms with Crippen molar-refractivity contribution in [2.45, 2.75) is 39.0 Å². The van der Waals surface area contributed by atoms with E-state index in [1.54, 1.807) is 4.90 Å². The van der Waals surface area contributed by atoms with Gasteiger partial charge in [0.05, 0.1) is 12.0 Å². The highest BCUT2D eigenvalue weighted by Crippen LogP contribution is 2.64. The molecule has 0 unspecified atom stereocenters. The Bertz CT molecular complexity index is 639. The first-order chi connectivity index (χ1) is 11.4. The monoisotopic (exact) mass is 330 g/mol. The minimum atomic E-state index is -0.455. The van der Waals surface area contributed by atoms with Crippen LogP contribution >= 0.6 is 0 Å². The second kappa shape index (κ2) is 6.11. The molecule has 1 aromatic carbocycles. The number of hydrogen-bond acceptors (Lipinski definition) is 3. The number of ether oxygens (including phenoxy) is 1. The molecule has 130 valence electrons. The maximum absolute atomic E-state index is 12.9. The fourth-order valence-electron chi connectivity index (χ4n) is 3.72. The van der Waals surface area contributed by atoms with Crippen LogP contribution in [0.1, 0.15) is 37.8 Å². The van der Waals surface area contributed by atoms with Gasteiger partial charge in [0.1, 0.15) is 0 Å². The Morgan fingerprint density at radius 1 is 1.29 bits per heavy atom. The van der Waals surface area contributed by atoms with Gasteiger partial charge in [-0.25, -0.2) is 4.79 Å². The Morgan fingerprint density at radius 2 is 1.96 bits per heavy atom. The zero-order valence-corrected chi connectivity index (χ0v) is 14.7. The minimum Gasteiger partial charge on any atom is -0.449 e. The van der Waals surface area contributed by atoms with E-state index in [1.807, 2.05) is 6.92 Å². The van der Waals surface area contributed by atoms with Crippen molar-refractivity contribution >= 4 is 12.0 Å². The highest BCUT2D eigenvalue weighted by Gasteiger charge is 2.66.